The van der Waals surface area contributed by atoms with Crippen LogP contribution < -0.4 is 15.1 Å². The normalized spacial score (nSPS) is 23.2. The maximum atomic E-state index is 14.2. The molecule has 200 valence electrons. The molecular formula is C31H31ClFN5S. The highest BCUT2D eigenvalue weighted by atomic mass is 35.5. The van der Waals surface area contributed by atoms with Crippen LogP contribution in [-0.2, 0) is 0 Å². The minimum atomic E-state index is -0.283. The van der Waals surface area contributed by atoms with Crippen LogP contribution in [-0.4, -0.2) is 27.8 Å². The molecule has 4 heterocycles. The Morgan fingerprint density at radius 2 is 1.77 bits per heavy atom. The van der Waals surface area contributed by atoms with Crippen LogP contribution in [0.4, 0.5) is 15.8 Å². The lowest BCUT2D eigenvalue weighted by Gasteiger charge is -2.37. The van der Waals surface area contributed by atoms with Crippen molar-refractivity contribution in [2.24, 2.45) is 11.8 Å². The molecule has 2 fully saturated rings. The summed E-state index contributed by atoms with van der Waals surface area (Å²) in [6.45, 7) is 6.60. The summed E-state index contributed by atoms with van der Waals surface area (Å²) in [4.78, 5) is 9.16. The van der Waals surface area contributed by atoms with E-state index in [9.17, 15) is 4.39 Å². The monoisotopic (exact) mass is 559 g/mol. The third-order valence-electron chi connectivity index (χ3n) is 7.69. The molecule has 0 amide bonds. The number of hydrogen-bond donors (Lipinski definition) is 1. The van der Waals surface area contributed by atoms with Gasteiger partial charge >= 0.3 is 0 Å². The smallest absolute Gasteiger partial charge is 0.174 e. The second-order valence-corrected chi connectivity index (χ2v) is 11.6. The first-order valence-electron chi connectivity index (χ1n) is 13.4. The summed E-state index contributed by atoms with van der Waals surface area (Å²) in [6.07, 6.45) is 4.98. The van der Waals surface area contributed by atoms with Crippen LogP contribution in [0.5, 0.6) is 0 Å². The number of pyridine rings is 1. The van der Waals surface area contributed by atoms with Gasteiger partial charge in [0.1, 0.15) is 11.9 Å². The summed E-state index contributed by atoms with van der Waals surface area (Å²) in [6, 6.07) is 22.3. The van der Waals surface area contributed by atoms with Crippen LogP contribution in [0.3, 0.4) is 0 Å². The van der Waals surface area contributed by atoms with E-state index in [0.717, 1.165) is 41.5 Å². The molecule has 0 aliphatic carbocycles. The van der Waals surface area contributed by atoms with E-state index in [2.05, 4.69) is 52.1 Å². The lowest BCUT2D eigenvalue weighted by molar-refractivity contribution is 0.357. The van der Waals surface area contributed by atoms with Gasteiger partial charge in [0, 0.05) is 42.6 Å². The standard InChI is InChI=1S/C31H31ClFN5S/c1-20-15-21(2)19-36(18-20)27-12-11-24(17-25(27)32)38-30(29(35-31(38)39)26-9-3-4-13-34-26)28-10-6-14-37(28)23-8-5-7-22(33)16-23/h3-14,16-17,20-21,29-30H,15,18-19H2,1-2H3,(H,35,39)/t20-,21+,29-,30+/m0/s1. The fourth-order valence-electron chi connectivity index (χ4n) is 6.19. The number of piperidine rings is 1. The number of anilines is 2. The van der Waals surface area contributed by atoms with Crippen molar-refractivity contribution in [3.05, 3.63) is 107 Å². The summed E-state index contributed by atoms with van der Waals surface area (Å²) in [7, 11) is 0. The van der Waals surface area contributed by atoms with E-state index >= 15 is 0 Å². The maximum Gasteiger partial charge on any atom is 0.174 e. The quantitative estimate of drug-likeness (QED) is 0.259. The number of nitrogens with zero attached hydrogens (tertiary/aromatic N) is 4. The van der Waals surface area contributed by atoms with Gasteiger partial charge in [-0.1, -0.05) is 37.6 Å². The molecule has 6 rings (SSSR count). The average Bonchev–Trinajstić information content (AvgIpc) is 3.53. The average molecular weight is 560 g/mol. The first kappa shape index (κ1) is 25.8. The van der Waals surface area contributed by atoms with Crippen LogP contribution in [0, 0.1) is 17.7 Å². The highest BCUT2D eigenvalue weighted by Gasteiger charge is 2.42. The number of benzene rings is 2. The third-order valence-corrected chi connectivity index (χ3v) is 8.30. The van der Waals surface area contributed by atoms with Gasteiger partial charge in [-0.25, -0.2) is 4.39 Å². The van der Waals surface area contributed by atoms with E-state index in [1.54, 1.807) is 12.3 Å². The minimum absolute atomic E-state index is 0.219. The van der Waals surface area contributed by atoms with E-state index in [4.69, 9.17) is 23.8 Å². The number of hydrogen-bond acceptors (Lipinski definition) is 3. The van der Waals surface area contributed by atoms with Gasteiger partial charge in [0.05, 0.1) is 22.4 Å². The van der Waals surface area contributed by atoms with Crippen LogP contribution in [0.15, 0.2) is 85.2 Å². The maximum absolute atomic E-state index is 14.2. The molecule has 0 unspecified atom stereocenters. The van der Waals surface area contributed by atoms with Gasteiger partial charge in [0.25, 0.3) is 0 Å². The molecule has 2 aromatic heterocycles. The lowest BCUT2D eigenvalue weighted by Crippen LogP contribution is -2.38. The summed E-state index contributed by atoms with van der Waals surface area (Å²) in [5, 5.41) is 4.81. The Bertz CT molecular complexity index is 1480. The predicted octanol–water partition coefficient (Wildman–Crippen LogP) is 7.32. The van der Waals surface area contributed by atoms with Crippen LogP contribution in [0.25, 0.3) is 5.69 Å². The summed E-state index contributed by atoms with van der Waals surface area (Å²) < 4.78 is 16.2. The number of rotatable bonds is 5. The lowest BCUT2D eigenvalue weighted by atomic mass is 9.91. The van der Waals surface area contributed by atoms with Crippen molar-refractivity contribution in [2.75, 3.05) is 22.9 Å². The molecule has 8 heteroatoms. The Balaban J connectivity index is 1.43. The van der Waals surface area contributed by atoms with Gasteiger partial charge < -0.3 is 19.7 Å². The van der Waals surface area contributed by atoms with Gasteiger partial charge in [-0.05, 0) is 91.1 Å². The number of thiocarbonyl (C=S) groups is 1. The van der Waals surface area contributed by atoms with E-state index < -0.39 is 0 Å². The summed E-state index contributed by atoms with van der Waals surface area (Å²) >= 11 is 12.9. The Hall–Kier alpha value is -3.42. The minimum Gasteiger partial charge on any atom is -0.370 e. The van der Waals surface area contributed by atoms with Gasteiger partial charge in [-0.15, -0.1) is 0 Å². The molecule has 0 saturated carbocycles. The van der Waals surface area contributed by atoms with E-state index in [-0.39, 0.29) is 17.9 Å². The zero-order valence-corrected chi connectivity index (χ0v) is 23.5. The Morgan fingerprint density at radius 1 is 0.949 bits per heavy atom. The Morgan fingerprint density at radius 3 is 2.49 bits per heavy atom. The number of aromatic nitrogens is 2. The molecule has 2 aromatic carbocycles. The van der Waals surface area contributed by atoms with Crippen molar-refractivity contribution >= 4 is 40.3 Å². The summed E-state index contributed by atoms with van der Waals surface area (Å²) in [5.41, 5.74) is 4.53. The molecule has 2 saturated heterocycles. The Kier molecular flexibility index (Phi) is 7.04. The molecule has 4 aromatic rings. The van der Waals surface area contributed by atoms with Crippen LogP contribution >= 0.6 is 23.8 Å². The second kappa shape index (κ2) is 10.6. The number of nitrogens with one attached hydrogen (secondary N) is 1. The fourth-order valence-corrected chi connectivity index (χ4v) is 6.83. The van der Waals surface area contributed by atoms with E-state index in [1.807, 2.05) is 47.2 Å². The summed E-state index contributed by atoms with van der Waals surface area (Å²) in [5.74, 6) is 0.965. The predicted molar refractivity (Wildman–Crippen MR) is 160 cm³/mol. The zero-order valence-electron chi connectivity index (χ0n) is 22.0. The Labute approximate surface area is 239 Å². The molecular weight excluding hydrogens is 529 g/mol. The van der Waals surface area contributed by atoms with E-state index in [0.29, 0.717) is 22.0 Å². The molecule has 39 heavy (non-hydrogen) atoms. The highest BCUT2D eigenvalue weighted by Crippen LogP contribution is 2.44. The molecule has 0 radical (unpaired) electrons. The fraction of sp³-hybridized carbons (Fsp3) is 0.290. The molecule has 2 aliphatic rings. The SMILES string of the molecule is C[C@@H]1C[C@H](C)CN(c2ccc(N3C(=S)N[C@@H](c4ccccn4)[C@H]3c3cccn3-c3cccc(F)c3)cc2Cl)C1. The first-order valence-corrected chi connectivity index (χ1v) is 14.2. The zero-order chi connectivity index (χ0) is 27.1. The number of halogens is 2. The van der Waals surface area contributed by atoms with Crippen LogP contribution in [0.2, 0.25) is 5.02 Å². The van der Waals surface area contributed by atoms with Gasteiger partial charge in [0.15, 0.2) is 5.11 Å². The van der Waals surface area contributed by atoms with Crippen LogP contribution in [0.1, 0.15) is 43.7 Å². The molecule has 5 nitrogen and oxygen atoms in total. The highest BCUT2D eigenvalue weighted by molar-refractivity contribution is 7.80. The third kappa shape index (κ3) is 5.01. The van der Waals surface area contributed by atoms with Crippen molar-refractivity contribution in [1.29, 1.82) is 0 Å². The molecule has 0 spiro atoms. The van der Waals surface area contributed by atoms with Gasteiger partial charge in [-0.2, -0.15) is 0 Å². The largest absolute Gasteiger partial charge is 0.370 e. The van der Waals surface area contributed by atoms with Gasteiger partial charge in [-0.3, -0.25) is 4.98 Å². The van der Waals surface area contributed by atoms with Crippen molar-refractivity contribution in [1.82, 2.24) is 14.9 Å². The topological polar surface area (TPSA) is 36.3 Å². The molecule has 2 aliphatic heterocycles. The molecule has 0 bridgehead atoms. The van der Waals surface area contributed by atoms with Crippen molar-refractivity contribution in [3.63, 3.8) is 0 Å². The van der Waals surface area contributed by atoms with Crippen molar-refractivity contribution < 1.29 is 4.39 Å². The first-order chi connectivity index (χ1) is 18.9. The van der Waals surface area contributed by atoms with Gasteiger partial charge in [0.2, 0.25) is 0 Å². The van der Waals surface area contributed by atoms with Crippen molar-refractivity contribution in [2.45, 2.75) is 32.4 Å². The van der Waals surface area contributed by atoms with Crippen molar-refractivity contribution in [3.8, 4) is 5.69 Å². The molecule has 4 atom stereocenters. The van der Waals surface area contributed by atoms with E-state index in [1.165, 1.54) is 18.6 Å². The molecule has 1 N–H and O–H groups in total. The second-order valence-electron chi connectivity index (χ2n) is 10.8.